The summed E-state index contributed by atoms with van der Waals surface area (Å²) in [5, 5.41) is 11.8. The molecule has 0 spiro atoms. The van der Waals surface area contributed by atoms with E-state index in [9.17, 15) is 0 Å². The maximum absolute atomic E-state index is 8.46. The van der Waals surface area contributed by atoms with Crippen LogP contribution in [0.2, 0.25) is 0 Å². The fourth-order valence-electron chi connectivity index (χ4n) is 2.86. The van der Waals surface area contributed by atoms with Gasteiger partial charge in [-0.15, -0.1) is 11.8 Å². The summed E-state index contributed by atoms with van der Waals surface area (Å²) in [5.41, 5.74) is 3.29. The fraction of sp³-hybridized carbons (Fsp3) is 0.316. The number of nitrogens with one attached hydrogen (secondary N) is 2. The number of likely N-dealkylation sites (N-methyl/N-ethyl adjacent to an activating group) is 1. The van der Waals surface area contributed by atoms with E-state index in [0.29, 0.717) is 5.96 Å². The maximum atomic E-state index is 8.46. The molecule has 2 N–H and O–H groups in total. The lowest BCUT2D eigenvalue weighted by molar-refractivity contribution is 0.214. The van der Waals surface area contributed by atoms with Crippen LogP contribution in [-0.4, -0.2) is 55.2 Å². The molecule has 0 radical (unpaired) electrons. The highest BCUT2D eigenvalue weighted by Gasteiger charge is 2.17. The van der Waals surface area contributed by atoms with Crippen LogP contribution in [0.3, 0.4) is 0 Å². The number of benzene rings is 2. The molecule has 4 nitrogen and oxygen atoms in total. The minimum Gasteiger partial charge on any atom is -0.340 e. The smallest absolute Gasteiger partial charge is 0.195 e. The molecule has 0 amide bonds. The number of thioether (sulfide) groups is 1. The third-order valence-electron chi connectivity index (χ3n) is 4.38. The van der Waals surface area contributed by atoms with Crippen LogP contribution in [0, 0.1) is 5.41 Å². The summed E-state index contributed by atoms with van der Waals surface area (Å²) in [6, 6.07) is 16.8. The quantitative estimate of drug-likeness (QED) is 0.508. The van der Waals surface area contributed by atoms with E-state index in [1.165, 1.54) is 10.5 Å². The van der Waals surface area contributed by atoms with E-state index in [2.05, 4.69) is 58.8 Å². The number of nitrogens with zero attached hydrogens (tertiary/aromatic N) is 2. The monoisotopic (exact) mass is 340 g/mol. The van der Waals surface area contributed by atoms with Crippen molar-refractivity contribution in [1.82, 2.24) is 9.80 Å². The molecule has 1 aliphatic rings. The van der Waals surface area contributed by atoms with Crippen LogP contribution in [0.5, 0.6) is 0 Å². The zero-order valence-corrected chi connectivity index (χ0v) is 15.1. The van der Waals surface area contributed by atoms with Crippen LogP contribution >= 0.6 is 11.8 Å². The van der Waals surface area contributed by atoms with E-state index in [4.69, 9.17) is 5.41 Å². The molecule has 0 aliphatic carbocycles. The van der Waals surface area contributed by atoms with Crippen LogP contribution in [0.25, 0.3) is 11.1 Å². The van der Waals surface area contributed by atoms with Gasteiger partial charge in [0.2, 0.25) is 0 Å². The number of guanidine groups is 1. The molecule has 1 saturated heterocycles. The molecule has 0 saturated carbocycles. The van der Waals surface area contributed by atoms with Crippen molar-refractivity contribution in [2.75, 3.05) is 44.8 Å². The molecular weight excluding hydrogens is 316 g/mol. The standard InChI is InChI=1S/C19H24N4S/c1-22-10-12-23(13-11-22)19(20)21-18-14-16(24-2)8-9-17(18)15-6-4-3-5-7-15/h3-9,14H,10-13H2,1-2H3,(H2,20,21). The number of rotatable bonds is 3. The molecule has 0 bridgehead atoms. The van der Waals surface area contributed by atoms with Gasteiger partial charge in [-0.05, 0) is 31.0 Å². The largest absolute Gasteiger partial charge is 0.340 e. The molecule has 126 valence electrons. The van der Waals surface area contributed by atoms with Crippen molar-refractivity contribution in [2.45, 2.75) is 4.90 Å². The zero-order chi connectivity index (χ0) is 16.9. The van der Waals surface area contributed by atoms with Gasteiger partial charge < -0.3 is 15.1 Å². The Kier molecular flexibility index (Phi) is 5.43. The molecule has 2 aromatic carbocycles. The SMILES string of the molecule is CSc1ccc(-c2ccccc2)c(NC(=N)N2CCN(C)CC2)c1. The average Bonchev–Trinajstić information content (AvgIpc) is 2.63. The third-order valence-corrected chi connectivity index (χ3v) is 5.11. The molecule has 24 heavy (non-hydrogen) atoms. The van der Waals surface area contributed by atoms with Crippen LogP contribution < -0.4 is 5.32 Å². The van der Waals surface area contributed by atoms with E-state index >= 15 is 0 Å². The number of piperazine rings is 1. The van der Waals surface area contributed by atoms with Crippen LogP contribution in [0.4, 0.5) is 5.69 Å². The Bertz CT molecular complexity index is 694. The normalized spacial score (nSPS) is 15.3. The van der Waals surface area contributed by atoms with Gasteiger partial charge in [0, 0.05) is 42.3 Å². The third kappa shape index (κ3) is 3.91. The first-order chi connectivity index (χ1) is 11.7. The van der Waals surface area contributed by atoms with Gasteiger partial charge in [-0.25, -0.2) is 0 Å². The highest BCUT2D eigenvalue weighted by Crippen LogP contribution is 2.31. The molecule has 1 aliphatic heterocycles. The Hall–Kier alpha value is -1.98. The van der Waals surface area contributed by atoms with Crippen LogP contribution in [-0.2, 0) is 0 Å². The van der Waals surface area contributed by atoms with Crippen LogP contribution in [0.15, 0.2) is 53.4 Å². The van der Waals surface area contributed by atoms with E-state index < -0.39 is 0 Å². The van der Waals surface area contributed by atoms with Gasteiger partial charge in [0.15, 0.2) is 5.96 Å². The lowest BCUT2D eigenvalue weighted by Gasteiger charge is -2.34. The highest BCUT2D eigenvalue weighted by atomic mass is 32.2. The molecule has 0 unspecified atom stereocenters. The van der Waals surface area contributed by atoms with Gasteiger partial charge in [-0.2, -0.15) is 0 Å². The Morgan fingerprint density at radius 2 is 1.75 bits per heavy atom. The molecule has 0 aromatic heterocycles. The first-order valence-electron chi connectivity index (χ1n) is 8.20. The maximum Gasteiger partial charge on any atom is 0.195 e. The van der Waals surface area contributed by atoms with Gasteiger partial charge in [0.05, 0.1) is 0 Å². The average molecular weight is 340 g/mol. The van der Waals surface area contributed by atoms with E-state index in [-0.39, 0.29) is 0 Å². The lowest BCUT2D eigenvalue weighted by Crippen LogP contribution is -2.49. The number of anilines is 1. The fourth-order valence-corrected chi connectivity index (χ4v) is 3.30. The predicted octanol–water partition coefficient (Wildman–Crippen LogP) is 3.67. The number of hydrogen-bond donors (Lipinski definition) is 2. The topological polar surface area (TPSA) is 42.4 Å². The second-order valence-corrected chi connectivity index (χ2v) is 6.92. The summed E-state index contributed by atoms with van der Waals surface area (Å²) in [7, 11) is 2.13. The lowest BCUT2D eigenvalue weighted by atomic mass is 10.0. The Morgan fingerprint density at radius 3 is 2.42 bits per heavy atom. The Balaban J connectivity index is 1.84. The second kappa shape index (κ2) is 7.73. The Morgan fingerprint density at radius 1 is 1.04 bits per heavy atom. The predicted molar refractivity (Wildman–Crippen MR) is 104 cm³/mol. The second-order valence-electron chi connectivity index (χ2n) is 6.04. The van der Waals surface area contributed by atoms with Gasteiger partial charge in [0.25, 0.3) is 0 Å². The van der Waals surface area contributed by atoms with Crippen molar-refractivity contribution in [3.63, 3.8) is 0 Å². The van der Waals surface area contributed by atoms with Crippen molar-refractivity contribution >= 4 is 23.4 Å². The summed E-state index contributed by atoms with van der Waals surface area (Å²) in [6.07, 6.45) is 2.08. The number of hydrogen-bond acceptors (Lipinski definition) is 3. The molecular formula is C19H24N4S. The van der Waals surface area contributed by atoms with E-state index in [1.54, 1.807) is 11.8 Å². The molecule has 3 rings (SSSR count). The highest BCUT2D eigenvalue weighted by molar-refractivity contribution is 7.98. The van der Waals surface area contributed by atoms with Gasteiger partial charge >= 0.3 is 0 Å². The van der Waals surface area contributed by atoms with Crippen molar-refractivity contribution in [2.24, 2.45) is 0 Å². The van der Waals surface area contributed by atoms with E-state index in [0.717, 1.165) is 37.4 Å². The first-order valence-corrected chi connectivity index (χ1v) is 9.42. The first kappa shape index (κ1) is 16.9. The molecule has 0 atom stereocenters. The van der Waals surface area contributed by atoms with Gasteiger partial charge in [-0.1, -0.05) is 36.4 Å². The summed E-state index contributed by atoms with van der Waals surface area (Å²) in [6.45, 7) is 3.79. The molecule has 2 aromatic rings. The summed E-state index contributed by atoms with van der Waals surface area (Å²) < 4.78 is 0. The summed E-state index contributed by atoms with van der Waals surface area (Å²) in [4.78, 5) is 5.61. The summed E-state index contributed by atoms with van der Waals surface area (Å²) >= 11 is 1.72. The zero-order valence-electron chi connectivity index (χ0n) is 14.2. The van der Waals surface area contributed by atoms with Crippen molar-refractivity contribution in [1.29, 1.82) is 5.41 Å². The minimum atomic E-state index is 0.485. The Labute approximate surface area is 148 Å². The van der Waals surface area contributed by atoms with Gasteiger partial charge in [0.1, 0.15) is 0 Å². The minimum absolute atomic E-state index is 0.485. The van der Waals surface area contributed by atoms with Crippen molar-refractivity contribution in [3.05, 3.63) is 48.5 Å². The van der Waals surface area contributed by atoms with Crippen LogP contribution in [0.1, 0.15) is 0 Å². The summed E-state index contributed by atoms with van der Waals surface area (Å²) in [5.74, 6) is 0.485. The molecule has 5 heteroatoms. The van der Waals surface area contributed by atoms with Crippen molar-refractivity contribution in [3.8, 4) is 11.1 Å². The van der Waals surface area contributed by atoms with Gasteiger partial charge in [-0.3, -0.25) is 5.41 Å². The molecule has 1 fully saturated rings. The molecule has 1 heterocycles. The van der Waals surface area contributed by atoms with Crippen molar-refractivity contribution < 1.29 is 0 Å². The van der Waals surface area contributed by atoms with E-state index in [1.807, 2.05) is 18.2 Å².